The fourth-order valence-electron chi connectivity index (χ4n) is 4.93. The third-order valence-electron chi connectivity index (χ3n) is 6.22. The second-order valence-corrected chi connectivity index (χ2v) is 7.64. The average molecular weight is 320 g/mol. The summed E-state index contributed by atoms with van der Waals surface area (Å²) >= 11 is 0. The first-order valence-corrected chi connectivity index (χ1v) is 9.24. The van der Waals surface area contributed by atoms with E-state index in [1.54, 1.807) is 0 Å². The summed E-state index contributed by atoms with van der Waals surface area (Å²) in [6.45, 7) is 4.78. The molecule has 0 radical (unpaired) electrons. The highest BCUT2D eigenvalue weighted by molar-refractivity contribution is 5.81. The Balaban J connectivity index is 1.40. The minimum atomic E-state index is 0.167. The van der Waals surface area contributed by atoms with Gasteiger partial charge in [0.1, 0.15) is 0 Å². The number of hydrogen-bond acceptors (Lipinski definition) is 4. The highest BCUT2D eigenvalue weighted by Crippen LogP contribution is 2.35. The summed E-state index contributed by atoms with van der Waals surface area (Å²) in [4.78, 5) is 29.2. The largest absolute Gasteiger partial charge is 0.340 e. The highest BCUT2D eigenvalue weighted by atomic mass is 16.2. The molecule has 0 aromatic rings. The summed E-state index contributed by atoms with van der Waals surface area (Å²) in [5, 5.41) is 6.68. The van der Waals surface area contributed by atoms with Crippen LogP contribution in [0.5, 0.6) is 0 Å². The van der Waals surface area contributed by atoms with Crippen molar-refractivity contribution in [3.05, 3.63) is 0 Å². The predicted molar refractivity (Wildman–Crippen MR) is 86.8 cm³/mol. The van der Waals surface area contributed by atoms with Crippen molar-refractivity contribution >= 4 is 11.8 Å². The van der Waals surface area contributed by atoms with Gasteiger partial charge in [-0.15, -0.1) is 0 Å². The van der Waals surface area contributed by atoms with Crippen LogP contribution in [-0.2, 0) is 9.59 Å². The summed E-state index contributed by atoms with van der Waals surface area (Å²) in [5.41, 5.74) is 0. The van der Waals surface area contributed by atoms with Crippen LogP contribution in [0.3, 0.4) is 0 Å². The molecule has 5 fully saturated rings. The summed E-state index contributed by atoms with van der Waals surface area (Å²) in [6.07, 6.45) is 5.53. The number of hydrogen-bond donors (Lipinski definition) is 2. The van der Waals surface area contributed by atoms with Gasteiger partial charge in [-0.25, -0.2) is 0 Å². The normalized spacial score (nSPS) is 38.0. The van der Waals surface area contributed by atoms with E-state index in [4.69, 9.17) is 0 Å². The van der Waals surface area contributed by atoms with Gasteiger partial charge in [-0.2, -0.15) is 0 Å². The van der Waals surface area contributed by atoms with E-state index in [9.17, 15) is 9.59 Å². The lowest BCUT2D eigenvalue weighted by Gasteiger charge is -2.46. The molecule has 0 spiro atoms. The molecule has 0 aromatic heterocycles. The van der Waals surface area contributed by atoms with Crippen molar-refractivity contribution in [3.63, 3.8) is 0 Å². The maximum atomic E-state index is 13.0. The van der Waals surface area contributed by atoms with Crippen LogP contribution in [0.15, 0.2) is 0 Å². The second-order valence-electron chi connectivity index (χ2n) is 7.64. The highest BCUT2D eigenvalue weighted by Gasteiger charge is 2.42. The third kappa shape index (κ3) is 2.98. The Hall–Kier alpha value is -1.14. The number of nitrogens with zero attached hydrogens (tertiary/aromatic N) is 2. The van der Waals surface area contributed by atoms with E-state index in [-0.39, 0.29) is 17.9 Å². The van der Waals surface area contributed by atoms with E-state index in [0.717, 1.165) is 58.4 Å². The SMILES string of the molecule is O=C([C@H]1C[C@H]2CC[C@H]1NC2)N1CCC[C@H](N2CCNCC2=O)C1. The van der Waals surface area contributed by atoms with Crippen molar-refractivity contribution in [2.45, 2.75) is 44.2 Å². The summed E-state index contributed by atoms with van der Waals surface area (Å²) < 4.78 is 0. The van der Waals surface area contributed by atoms with Gasteiger partial charge in [-0.3, -0.25) is 9.59 Å². The van der Waals surface area contributed by atoms with E-state index in [1.165, 1.54) is 6.42 Å². The van der Waals surface area contributed by atoms with Crippen molar-refractivity contribution in [1.29, 1.82) is 0 Å². The maximum absolute atomic E-state index is 13.0. The standard InChI is InChI=1S/C17H28N4O2/c22-16-10-18-5-7-21(16)13-2-1-6-20(11-13)17(23)14-8-12-3-4-15(14)19-9-12/h12-15,18-19H,1-11H2/t12-,13+,14+,15-/m1/s1. The number of carbonyl (C=O) groups is 2. The van der Waals surface area contributed by atoms with E-state index in [2.05, 4.69) is 15.5 Å². The number of rotatable bonds is 2. The van der Waals surface area contributed by atoms with Gasteiger partial charge in [0.25, 0.3) is 0 Å². The zero-order chi connectivity index (χ0) is 15.8. The molecule has 6 nitrogen and oxygen atoms in total. The Morgan fingerprint density at radius 1 is 1.17 bits per heavy atom. The fourth-order valence-corrected chi connectivity index (χ4v) is 4.93. The van der Waals surface area contributed by atoms with Crippen molar-refractivity contribution in [2.75, 3.05) is 39.3 Å². The number of piperidine rings is 3. The average Bonchev–Trinajstić information content (AvgIpc) is 2.62. The first kappa shape index (κ1) is 15.4. The Morgan fingerprint density at radius 2 is 2.09 bits per heavy atom. The van der Waals surface area contributed by atoms with E-state index in [1.807, 2.05) is 4.90 Å². The van der Waals surface area contributed by atoms with Crippen LogP contribution < -0.4 is 10.6 Å². The van der Waals surface area contributed by atoms with Crippen LogP contribution in [-0.4, -0.2) is 73.0 Å². The van der Waals surface area contributed by atoms with Crippen molar-refractivity contribution in [3.8, 4) is 0 Å². The third-order valence-corrected chi connectivity index (χ3v) is 6.22. The molecule has 1 saturated carbocycles. The maximum Gasteiger partial charge on any atom is 0.236 e. The smallest absolute Gasteiger partial charge is 0.236 e. The zero-order valence-corrected chi connectivity index (χ0v) is 13.8. The van der Waals surface area contributed by atoms with Crippen LogP contribution in [0.2, 0.25) is 0 Å². The number of nitrogens with one attached hydrogen (secondary N) is 2. The van der Waals surface area contributed by atoms with E-state index in [0.29, 0.717) is 24.4 Å². The molecule has 2 amide bonds. The van der Waals surface area contributed by atoms with E-state index >= 15 is 0 Å². The van der Waals surface area contributed by atoms with Gasteiger partial charge in [0, 0.05) is 38.3 Å². The van der Waals surface area contributed by atoms with E-state index < -0.39 is 0 Å². The molecule has 2 N–H and O–H groups in total. The molecule has 4 saturated heterocycles. The number of carbonyl (C=O) groups excluding carboxylic acids is 2. The van der Waals surface area contributed by atoms with Crippen molar-refractivity contribution in [1.82, 2.24) is 20.4 Å². The van der Waals surface area contributed by atoms with Gasteiger partial charge in [0.15, 0.2) is 0 Å². The molecule has 6 heteroatoms. The Bertz CT molecular complexity index is 475. The second kappa shape index (κ2) is 6.40. The lowest BCUT2D eigenvalue weighted by Crippen LogP contribution is -2.60. The van der Waals surface area contributed by atoms with Crippen LogP contribution in [0.25, 0.3) is 0 Å². The van der Waals surface area contributed by atoms with Gasteiger partial charge in [-0.05, 0) is 44.6 Å². The topological polar surface area (TPSA) is 64.7 Å². The first-order chi connectivity index (χ1) is 11.2. The molecule has 1 aliphatic carbocycles. The molecule has 5 rings (SSSR count). The molecule has 0 unspecified atom stereocenters. The molecule has 0 aromatic carbocycles. The number of fused-ring (bicyclic) bond motifs is 3. The van der Waals surface area contributed by atoms with Crippen LogP contribution in [0.1, 0.15) is 32.1 Å². The van der Waals surface area contributed by atoms with Crippen LogP contribution >= 0.6 is 0 Å². The quantitative estimate of drug-likeness (QED) is 0.739. The lowest BCUT2D eigenvalue weighted by molar-refractivity contribution is -0.145. The lowest BCUT2D eigenvalue weighted by atomic mass is 9.73. The number of piperazine rings is 1. The zero-order valence-electron chi connectivity index (χ0n) is 13.8. The van der Waals surface area contributed by atoms with Crippen molar-refractivity contribution < 1.29 is 9.59 Å². The molecular weight excluding hydrogens is 292 g/mol. The molecule has 4 aliphatic heterocycles. The molecule has 4 atom stereocenters. The summed E-state index contributed by atoms with van der Waals surface area (Å²) in [7, 11) is 0. The van der Waals surface area contributed by atoms with Crippen LogP contribution in [0, 0.1) is 11.8 Å². The van der Waals surface area contributed by atoms with Gasteiger partial charge in [0.2, 0.25) is 11.8 Å². The molecule has 23 heavy (non-hydrogen) atoms. The number of amides is 2. The molecule has 2 bridgehead atoms. The molecule has 5 aliphatic rings. The first-order valence-electron chi connectivity index (χ1n) is 9.24. The van der Waals surface area contributed by atoms with Crippen LogP contribution in [0.4, 0.5) is 0 Å². The Kier molecular flexibility index (Phi) is 4.28. The molecule has 4 heterocycles. The molecular formula is C17H28N4O2. The van der Waals surface area contributed by atoms with Gasteiger partial charge < -0.3 is 20.4 Å². The molecule has 128 valence electrons. The predicted octanol–water partition coefficient (Wildman–Crippen LogP) is -0.203. The van der Waals surface area contributed by atoms with Gasteiger partial charge in [0.05, 0.1) is 12.5 Å². The summed E-state index contributed by atoms with van der Waals surface area (Å²) in [5.74, 6) is 1.37. The summed E-state index contributed by atoms with van der Waals surface area (Å²) in [6, 6.07) is 0.602. The Labute approximate surface area is 137 Å². The van der Waals surface area contributed by atoms with Crippen molar-refractivity contribution in [2.24, 2.45) is 11.8 Å². The Morgan fingerprint density at radius 3 is 2.78 bits per heavy atom. The van der Waals surface area contributed by atoms with Gasteiger partial charge >= 0.3 is 0 Å². The fraction of sp³-hybridized carbons (Fsp3) is 0.882. The minimum Gasteiger partial charge on any atom is -0.340 e. The monoisotopic (exact) mass is 320 g/mol. The number of likely N-dealkylation sites (tertiary alicyclic amines) is 1. The minimum absolute atomic E-state index is 0.167. The van der Waals surface area contributed by atoms with Gasteiger partial charge in [-0.1, -0.05) is 0 Å².